The van der Waals surface area contributed by atoms with Gasteiger partial charge in [0.1, 0.15) is 12.4 Å². The summed E-state index contributed by atoms with van der Waals surface area (Å²) >= 11 is 0. The second kappa shape index (κ2) is 7.61. The van der Waals surface area contributed by atoms with Crippen LogP contribution in [0.1, 0.15) is 18.5 Å². The summed E-state index contributed by atoms with van der Waals surface area (Å²) in [6, 6.07) is 6.12. The van der Waals surface area contributed by atoms with Gasteiger partial charge in [-0.15, -0.1) is 0 Å². The van der Waals surface area contributed by atoms with Crippen molar-refractivity contribution in [1.82, 2.24) is 14.7 Å². The van der Waals surface area contributed by atoms with Crippen LogP contribution in [-0.2, 0) is 9.53 Å². The zero-order valence-corrected chi connectivity index (χ0v) is 15.5. The zero-order valence-electron chi connectivity index (χ0n) is 15.5. The van der Waals surface area contributed by atoms with Crippen molar-refractivity contribution in [3.63, 3.8) is 0 Å². The summed E-state index contributed by atoms with van der Waals surface area (Å²) in [7, 11) is 3.44. The van der Waals surface area contributed by atoms with Crippen molar-refractivity contribution in [3.05, 3.63) is 35.6 Å². The number of rotatable bonds is 4. The molecule has 0 bridgehead atoms. The normalized spacial score (nSPS) is 24.7. The summed E-state index contributed by atoms with van der Waals surface area (Å²) in [5.41, 5.74) is 0.784. The fourth-order valence-electron chi connectivity index (χ4n) is 4.10. The Bertz CT molecular complexity index is 682. The number of amides is 3. The van der Waals surface area contributed by atoms with Gasteiger partial charge in [-0.25, -0.2) is 9.18 Å². The lowest BCUT2D eigenvalue weighted by atomic mass is 9.89. The Kier molecular flexibility index (Phi) is 5.46. The number of nitrogens with zero attached hydrogens (tertiary/aromatic N) is 3. The molecule has 1 aromatic rings. The van der Waals surface area contributed by atoms with Gasteiger partial charge in [-0.2, -0.15) is 0 Å². The van der Waals surface area contributed by atoms with Crippen LogP contribution in [0.2, 0.25) is 0 Å². The van der Waals surface area contributed by atoms with E-state index in [2.05, 4.69) is 0 Å². The maximum Gasteiger partial charge on any atom is 0.320 e. The molecular weight excluding hydrogens is 337 g/mol. The predicted molar refractivity (Wildman–Crippen MR) is 95.0 cm³/mol. The molecule has 26 heavy (non-hydrogen) atoms. The minimum absolute atomic E-state index is 0.0234. The van der Waals surface area contributed by atoms with Gasteiger partial charge < -0.3 is 19.4 Å². The van der Waals surface area contributed by atoms with Crippen LogP contribution >= 0.6 is 0 Å². The highest BCUT2D eigenvalue weighted by Gasteiger charge is 2.50. The van der Waals surface area contributed by atoms with E-state index >= 15 is 0 Å². The molecule has 0 N–H and O–H groups in total. The van der Waals surface area contributed by atoms with Gasteiger partial charge in [0.05, 0.1) is 6.04 Å². The van der Waals surface area contributed by atoms with Crippen molar-refractivity contribution < 1.29 is 18.7 Å². The largest absolute Gasteiger partial charge is 0.372 e. The van der Waals surface area contributed by atoms with Crippen molar-refractivity contribution in [2.45, 2.75) is 13.0 Å². The van der Waals surface area contributed by atoms with E-state index in [4.69, 9.17) is 4.74 Å². The molecule has 3 rings (SSSR count). The maximum atomic E-state index is 13.8. The lowest BCUT2D eigenvalue weighted by Crippen LogP contribution is -2.42. The molecule has 142 valence electrons. The van der Waals surface area contributed by atoms with Crippen molar-refractivity contribution in [2.75, 3.05) is 46.9 Å². The van der Waals surface area contributed by atoms with E-state index in [0.29, 0.717) is 26.2 Å². The van der Waals surface area contributed by atoms with E-state index < -0.39 is 0 Å². The van der Waals surface area contributed by atoms with Gasteiger partial charge in [-0.3, -0.25) is 4.79 Å². The van der Waals surface area contributed by atoms with Crippen LogP contribution in [0.15, 0.2) is 24.3 Å². The van der Waals surface area contributed by atoms with E-state index in [-0.39, 0.29) is 42.2 Å². The lowest BCUT2D eigenvalue weighted by Gasteiger charge is -2.31. The Balaban J connectivity index is 1.84. The molecule has 2 fully saturated rings. The fourth-order valence-corrected chi connectivity index (χ4v) is 4.10. The summed E-state index contributed by atoms with van der Waals surface area (Å²) in [5, 5.41) is 0. The zero-order chi connectivity index (χ0) is 18.8. The van der Waals surface area contributed by atoms with Crippen LogP contribution in [0.5, 0.6) is 0 Å². The standard InChI is InChI=1S/C19H26FN3O3/c1-4-26-12-17(24)22-9-14-10-23(19(25)21(2)3)18(16(14)11-22)13-6-5-7-15(20)8-13/h5-8,14,16,18H,4,9-12H2,1-3H3/t14-,16-,18+/m1/s1. The topological polar surface area (TPSA) is 53.1 Å². The number of ether oxygens (including phenoxy) is 1. The van der Waals surface area contributed by atoms with E-state index in [1.54, 1.807) is 25.1 Å². The van der Waals surface area contributed by atoms with Crippen LogP contribution in [0.4, 0.5) is 9.18 Å². The van der Waals surface area contributed by atoms with Gasteiger partial charge in [-0.1, -0.05) is 12.1 Å². The Morgan fingerprint density at radius 3 is 2.69 bits per heavy atom. The first-order valence-electron chi connectivity index (χ1n) is 9.01. The predicted octanol–water partition coefficient (Wildman–Crippen LogP) is 1.98. The average molecular weight is 363 g/mol. The summed E-state index contributed by atoms with van der Waals surface area (Å²) in [6.45, 7) is 4.19. The quantitative estimate of drug-likeness (QED) is 0.822. The Morgan fingerprint density at radius 2 is 2.04 bits per heavy atom. The molecule has 3 atom stereocenters. The molecule has 1 aromatic carbocycles. The van der Waals surface area contributed by atoms with E-state index in [1.165, 1.54) is 12.1 Å². The molecule has 2 heterocycles. The second-order valence-corrected chi connectivity index (χ2v) is 7.19. The minimum Gasteiger partial charge on any atom is -0.372 e. The highest BCUT2D eigenvalue weighted by atomic mass is 19.1. The Hall–Kier alpha value is -2.15. The van der Waals surface area contributed by atoms with Gasteiger partial charge in [0.2, 0.25) is 5.91 Å². The number of carbonyl (C=O) groups excluding carboxylic acids is 2. The molecule has 3 amide bonds. The molecule has 2 aliphatic heterocycles. The molecule has 7 heteroatoms. The highest BCUT2D eigenvalue weighted by Crippen LogP contribution is 2.45. The SMILES string of the molecule is CCOCC(=O)N1C[C@@H]2CN(C(=O)N(C)C)[C@@H](c3cccc(F)c3)[C@@H]2C1. The van der Waals surface area contributed by atoms with Gasteiger partial charge in [-0.05, 0) is 24.6 Å². The number of benzene rings is 1. The minimum atomic E-state index is -0.314. The van der Waals surface area contributed by atoms with Crippen LogP contribution in [-0.4, -0.2) is 73.6 Å². The molecule has 0 aromatic heterocycles. The number of urea groups is 1. The van der Waals surface area contributed by atoms with Crippen molar-refractivity contribution in [3.8, 4) is 0 Å². The number of likely N-dealkylation sites (tertiary alicyclic amines) is 2. The summed E-state index contributed by atoms with van der Waals surface area (Å²) < 4.78 is 19.0. The van der Waals surface area contributed by atoms with Crippen LogP contribution in [0, 0.1) is 17.7 Å². The average Bonchev–Trinajstić information content (AvgIpc) is 3.16. The number of hydrogen-bond donors (Lipinski definition) is 0. The van der Waals surface area contributed by atoms with Crippen LogP contribution < -0.4 is 0 Å². The molecule has 2 aliphatic rings. The van der Waals surface area contributed by atoms with Crippen LogP contribution in [0.25, 0.3) is 0 Å². The second-order valence-electron chi connectivity index (χ2n) is 7.19. The molecule has 0 saturated carbocycles. The van der Waals surface area contributed by atoms with Gasteiger partial charge in [0, 0.05) is 52.2 Å². The van der Waals surface area contributed by atoms with Gasteiger partial charge >= 0.3 is 6.03 Å². The number of fused-ring (bicyclic) bond motifs is 1. The van der Waals surface area contributed by atoms with Crippen molar-refractivity contribution in [2.24, 2.45) is 11.8 Å². The third-order valence-electron chi connectivity index (χ3n) is 5.26. The van der Waals surface area contributed by atoms with Crippen molar-refractivity contribution in [1.29, 1.82) is 0 Å². The monoisotopic (exact) mass is 363 g/mol. The highest BCUT2D eigenvalue weighted by molar-refractivity contribution is 5.78. The van der Waals surface area contributed by atoms with E-state index in [9.17, 15) is 14.0 Å². The summed E-state index contributed by atoms with van der Waals surface area (Å²) in [4.78, 5) is 30.1. The van der Waals surface area contributed by atoms with Crippen molar-refractivity contribution >= 4 is 11.9 Å². The molecular formula is C19H26FN3O3. The lowest BCUT2D eigenvalue weighted by molar-refractivity contribution is -0.135. The molecule has 0 aliphatic carbocycles. The third-order valence-corrected chi connectivity index (χ3v) is 5.26. The number of halogens is 1. The first-order chi connectivity index (χ1) is 12.4. The number of hydrogen-bond acceptors (Lipinski definition) is 3. The van der Waals surface area contributed by atoms with Gasteiger partial charge in [0.15, 0.2) is 0 Å². The maximum absolute atomic E-state index is 13.8. The Morgan fingerprint density at radius 1 is 1.27 bits per heavy atom. The summed E-state index contributed by atoms with van der Waals surface area (Å²) in [5.74, 6) is -0.0424. The molecule has 0 unspecified atom stereocenters. The molecule has 0 spiro atoms. The first kappa shape index (κ1) is 18.6. The summed E-state index contributed by atoms with van der Waals surface area (Å²) in [6.07, 6.45) is 0. The van der Waals surface area contributed by atoms with E-state index in [0.717, 1.165) is 5.56 Å². The molecule has 6 nitrogen and oxygen atoms in total. The number of carbonyl (C=O) groups is 2. The van der Waals surface area contributed by atoms with Gasteiger partial charge in [0.25, 0.3) is 0 Å². The van der Waals surface area contributed by atoms with E-state index in [1.807, 2.05) is 22.8 Å². The smallest absolute Gasteiger partial charge is 0.320 e. The fraction of sp³-hybridized carbons (Fsp3) is 0.579. The molecule has 2 saturated heterocycles. The third kappa shape index (κ3) is 3.53. The molecule has 0 radical (unpaired) electrons. The first-order valence-corrected chi connectivity index (χ1v) is 9.01. The van der Waals surface area contributed by atoms with Crippen LogP contribution in [0.3, 0.4) is 0 Å². The Labute approximate surface area is 153 Å².